The van der Waals surface area contributed by atoms with E-state index in [4.69, 9.17) is 22.0 Å². The lowest BCUT2D eigenvalue weighted by molar-refractivity contribution is -0.137. The van der Waals surface area contributed by atoms with E-state index in [-0.39, 0.29) is 18.4 Å². The largest absolute Gasteiger partial charge is 0.481 e. The smallest absolute Gasteiger partial charge is 0.303 e. The van der Waals surface area contributed by atoms with Gasteiger partial charge in [0, 0.05) is 44.3 Å². The number of rotatable bonds is 11. The Morgan fingerprint density at radius 2 is 1.82 bits per heavy atom. The van der Waals surface area contributed by atoms with Crippen LogP contribution < -0.4 is 15.1 Å². The molecule has 214 valence electrons. The van der Waals surface area contributed by atoms with Gasteiger partial charge < -0.3 is 20.2 Å². The first-order valence-electron chi connectivity index (χ1n) is 14.4. The average molecular weight is 567 g/mol. The van der Waals surface area contributed by atoms with E-state index in [2.05, 4.69) is 31.4 Å². The summed E-state index contributed by atoms with van der Waals surface area (Å²) in [6.45, 7) is 1.85. The monoisotopic (exact) mass is 566 g/mol. The Morgan fingerprint density at radius 1 is 1.07 bits per heavy atom. The van der Waals surface area contributed by atoms with Crippen molar-refractivity contribution in [2.45, 2.75) is 82.7 Å². The van der Waals surface area contributed by atoms with Crippen LogP contribution in [-0.4, -0.2) is 59.4 Å². The second-order valence-electron chi connectivity index (χ2n) is 11.1. The van der Waals surface area contributed by atoms with E-state index >= 15 is 0 Å². The fraction of sp³-hybridized carbons (Fsp3) is 0.567. The molecule has 1 aliphatic heterocycles. The molecule has 1 aliphatic carbocycles. The molecule has 0 atom stereocenters. The molecule has 40 heavy (non-hydrogen) atoms. The number of anilines is 2. The van der Waals surface area contributed by atoms with Crippen molar-refractivity contribution in [1.29, 1.82) is 5.26 Å². The molecular formula is C30H39ClN6O3. The summed E-state index contributed by atoms with van der Waals surface area (Å²) in [5.74, 6) is 0.590. The van der Waals surface area contributed by atoms with Crippen LogP contribution in [0.4, 0.5) is 11.5 Å². The van der Waals surface area contributed by atoms with Gasteiger partial charge in [-0.1, -0.05) is 30.9 Å². The number of carbonyl (C=O) groups is 2. The highest BCUT2D eigenvalue weighted by molar-refractivity contribution is 6.32. The maximum absolute atomic E-state index is 12.9. The number of piperidine rings is 1. The number of benzene rings is 1. The van der Waals surface area contributed by atoms with Crippen molar-refractivity contribution in [1.82, 2.24) is 15.5 Å². The summed E-state index contributed by atoms with van der Waals surface area (Å²) < 4.78 is 0. The fourth-order valence-electron chi connectivity index (χ4n) is 5.84. The molecule has 2 heterocycles. The number of nitrogens with zero attached hydrogens (tertiary/aromatic N) is 5. The predicted octanol–water partition coefficient (Wildman–Crippen LogP) is 5.43. The molecule has 0 radical (unpaired) electrons. The normalized spacial score (nSPS) is 19.6. The third-order valence-corrected chi connectivity index (χ3v) is 8.70. The number of aliphatic carboxylic acids is 1. The Morgan fingerprint density at radius 3 is 2.45 bits per heavy atom. The Kier molecular flexibility index (Phi) is 10.6. The molecule has 9 nitrogen and oxygen atoms in total. The molecule has 0 unspecified atom stereocenters. The zero-order valence-electron chi connectivity index (χ0n) is 23.2. The molecule has 0 spiro atoms. The van der Waals surface area contributed by atoms with Crippen LogP contribution in [-0.2, 0) is 4.79 Å². The Balaban J connectivity index is 1.18. The minimum atomic E-state index is -0.711. The van der Waals surface area contributed by atoms with Crippen LogP contribution >= 0.6 is 11.6 Å². The van der Waals surface area contributed by atoms with Crippen molar-refractivity contribution in [3.05, 3.63) is 46.6 Å². The van der Waals surface area contributed by atoms with E-state index in [1.807, 2.05) is 25.2 Å². The van der Waals surface area contributed by atoms with Gasteiger partial charge in [0.25, 0.3) is 5.91 Å². The summed E-state index contributed by atoms with van der Waals surface area (Å²) in [7, 11) is 2.05. The molecule has 1 amide bonds. The highest BCUT2D eigenvalue weighted by atomic mass is 35.5. The third-order valence-electron chi connectivity index (χ3n) is 8.38. The number of amides is 1. The number of hydrogen-bond donors (Lipinski definition) is 2. The number of nitriles is 1. The van der Waals surface area contributed by atoms with Crippen molar-refractivity contribution in [2.75, 3.05) is 29.9 Å². The van der Waals surface area contributed by atoms with Crippen LogP contribution in [0.1, 0.15) is 86.7 Å². The minimum absolute atomic E-state index is 0.103. The molecule has 2 N–H and O–H groups in total. The van der Waals surface area contributed by atoms with Crippen molar-refractivity contribution < 1.29 is 14.7 Å². The summed E-state index contributed by atoms with van der Waals surface area (Å²) in [4.78, 5) is 27.9. The summed E-state index contributed by atoms with van der Waals surface area (Å²) in [6, 6.07) is 11.7. The second-order valence-corrected chi connectivity index (χ2v) is 11.5. The molecule has 1 saturated carbocycles. The number of carbonyl (C=O) groups excluding carboxylic acids is 1. The number of halogens is 1. The van der Waals surface area contributed by atoms with Gasteiger partial charge in [0.05, 0.1) is 10.6 Å². The van der Waals surface area contributed by atoms with Gasteiger partial charge in [0.1, 0.15) is 6.07 Å². The van der Waals surface area contributed by atoms with Crippen molar-refractivity contribution in [2.24, 2.45) is 5.92 Å². The lowest BCUT2D eigenvalue weighted by Gasteiger charge is -2.36. The van der Waals surface area contributed by atoms with Gasteiger partial charge in [-0.05, 0) is 81.2 Å². The standard InChI is InChI=1S/C30H39ClN6O3/c1-36(25-10-7-22(20-32)26(31)19-25)24-11-8-23(9-12-24)33-30(40)27-13-14-28(35-34-27)37-17-15-21(16-18-37)5-3-2-4-6-29(38)39/h7,10,13-14,19,21,23-24H,2-6,8-9,11-12,15-18H2,1H3,(H,33,40)(H,38,39). The van der Waals surface area contributed by atoms with E-state index in [0.717, 1.165) is 88.8 Å². The van der Waals surface area contributed by atoms with Crippen LogP contribution in [0.2, 0.25) is 5.02 Å². The van der Waals surface area contributed by atoms with E-state index in [9.17, 15) is 9.59 Å². The first-order valence-corrected chi connectivity index (χ1v) is 14.8. The van der Waals surface area contributed by atoms with Gasteiger partial charge in [0.2, 0.25) is 0 Å². The second kappa shape index (κ2) is 14.3. The number of hydrogen-bond acceptors (Lipinski definition) is 7. The van der Waals surface area contributed by atoms with Gasteiger partial charge in [-0.3, -0.25) is 9.59 Å². The zero-order chi connectivity index (χ0) is 28.5. The molecule has 1 aromatic heterocycles. The lowest BCUT2D eigenvalue weighted by Crippen LogP contribution is -2.43. The molecule has 4 rings (SSSR count). The van der Waals surface area contributed by atoms with Crippen LogP contribution in [0.3, 0.4) is 0 Å². The zero-order valence-corrected chi connectivity index (χ0v) is 23.9. The first kappa shape index (κ1) is 29.6. The van der Waals surface area contributed by atoms with E-state index in [1.165, 1.54) is 0 Å². The fourth-order valence-corrected chi connectivity index (χ4v) is 6.06. The average Bonchev–Trinajstić information content (AvgIpc) is 2.97. The van der Waals surface area contributed by atoms with Crippen LogP contribution in [0.25, 0.3) is 0 Å². The van der Waals surface area contributed by atoms with Crippen LogP contribution in [0.5, 0.6) is 0 Å². The van der Waals surface area contributed by atoms with Gasteiger partial charge in [-0.15, -0.1) is 10.2 Å². The Bertz CT molecular complexity index is 1180. The van der Waals surface area contributed by atoms with Crippen LogP contribution in [0, 0.1) is 17.2 Å². The number of nitrogens with one attached hydrogen (secondary N) is 1. The number of carboxylic acid groups (broad SMARTS) is 1. The summed E-state index contributed by atoms with van der Waals surface area (Å²) in [5, 5.41) is 30.0. The highest BCUT2D eigenvalue weighted by Crippen LogP contribution is 2.30. The van der Waals surface area contributed by atoms with Gasteiger partial charge >= 0.3 is 5.97 Å². The lowest BCUT2D eigenvalue weighted by atomic mass is 9.90. The maximum Gasteiger partial charge on any atom is 0.303 e. The number of carboxylic acids is 1. The summed E-state index contributed by atoms with van der Waals surface area (Å²) in [5.41, 5.74) is 1.81. The Labute approximate surface area is 241 Å². The first-order chi connectivity index (χ1) is 19.3. The molecule has 0 bridgehead atoms. The third kappa shape index (κ3) is 8.07. The van der Waals surface area contributed by atoms with Crippen molar-refractivity contribution in [3.8, 4) is 6.07 Å². The topological polar surface area (TPSA) is 122 Å². The van der Waals surface area contributed by atoms with Crippen molar-refractivity contribution in [3.63, 3.8) is 0 Å². The molecular weight excluding hydrogens is 528 g/mol. The summed E-state index contributed by atoms with van der Waals surface area (Å²) in [6.07, 6.45) is 10.1. The minimum Gasteiger partial charge on any atom is -0.481 e. The molecule has 2 fully saturated rings. The summed E-state index contributed by atoms with van der Waals surface area (Å²) >= 11 is 6.22. The SMILES string of the molecule is CN(c1ccc(C#N)c(Cl)c1)C1CCC(NC(=O)c2ccc(N3CCC(CCCCCC(=O)O)CC3)nn2)CC1. The van der Waals surface area contributed by atoms with Gasteiger partial charge in [0.15, 0.2) is 11.5 Å². The Hall–Kier alpha value is -3.38. The predicted molar refractivity (Wildman–Crippen MR) is 156 cm³/mol. The van der Waals surface area contributed by atoms with E-state index in [1.54, 1.807) is 12.1 Å². The molecule has 2 aromatic rings. The molecule has 1 aromatic carbocycles. The quantitative estimate of drug-likeness (QED) is 0.345. The molecule has 1 saturated heterocycles. The van der Waals surface area contributed by atoms with Crippen molar-refractivity contribution >= 4 is 35.0 Å². The number of unbranched alkanes of at least 4 members (excludes halogenated alkanes) is 2. The van der Waals surface area contributed by atoms with Gasteiger partial charge in [-0.2, -0.15) is 5.26 Å². The molecule has 10 heteroatoms. The van der Waals surface area contributed by atoms with Gasteiger partial charge in [-0.25, -0.2) is 0 Å². The van der Waals surface area contributed by atoms with Crippen LogP contribution in [0.15, 0.2) is 30.3 Å². The van der Waals surface area contributed by atoms with E-state index < -0.39 is 5.97 Å². The van der Waals surface area contributed by atoms with E-state index in [0.29, 0.717) is 28.2 Å². The highest BCUT2D eigenvalue weighted by Gasteiger charge is 2.26. The number of aromatic nitrogens is 2. The maximum atomic E-state index is 12.9. The molecule has 2 aliphatic rings.